The molecule has 23 heavy (non-hydrogen) atoms. The molecular formula is C17H23NO4S. The molecule has 0 saturated carbocycles. The van der Waals surface area contributed by atoms with E-state index in [1.54, 1.807) is 23.6 Å². The lowest BCUT2D eigenvalue weighted by Gasteiger charge is -2.33. The molecule has 5 nitrogen and oxygen atoms in total. The minimum Gasteiger partial charge on any atom is -0.481 e. The van der Waals surface area contributed by atoms with Crippen molar-refractivity contribution in [3.8, 4) is 5.75 Å². The summed E-state index contributed by atoms with van der Waals surface area (Å²) in [5, 5.41) is 8.83. The first-order chi connectivity index (χ1) is 11.0. The second-order valence-corrected chi connectivity index (χ2v) is 6.68. The van der Waals surface area contributed by atoms with Crippen LogP contribution in [0.1, 0.15) is 26.2 Å². The molecule has 2 rings (SSSR count). The average Bonchev–Trinajstić information content (AvgIpc) is 2.55. The fourth-order valence-electron chi connectivity index (χ4n) is 2.77. The van der Waals surface area contributed by atoms with Gasteiger partial charge in [0.05, 0.1) is 0 Å². The van der Waals surface area contributed by atoms with Crippen molar-refractivity contribution in [1.29, 1.82) is 0 Å². The predicted molar refractivity (Wildman–Crippen MR) is 89.9 cm³/mol. The maximum atomic E-state index is 12.4. The van der Waals surface area contributed by atoms with Crippen molar-refractivity contribution < 1.29 is 19.4 Å². The summed E-state index contributed by atoms with van der Waals surface area (Å²) in [6.45, 7) is 2.97. The average molecular weight is 337 g/mol. The zero-order chi connectivity index (χ0) is 16.8. The van der Waals surface area contributed by atoms with Crippen LogP contribution in [0, 0.1) is 5.92 Å². The Morgan fingerprint density at radius 3 is 2.43 bits per heavy atom. The van der Waals surface area contributed by atoms with E-state index < -0.39 is 12.1 Å². The van der Waals surface area contributed by atoms with E-state index in [1.165, 1.54) is 0 Å². The Hall–Kier alpha value is -1.69. The van der Waals surface area contributed by atoms with E-state index in [-0.39, 0.29) is 18.2 Å². The van der Waals surface area contributed by atoms with Crippen molar-refractivity contribution in [3.05, 3.63) is 24.3 Å². The van der Waals surface area contributed by atoms with E-state index in [4.69, 9.17) is 9.84 Å². The third kappa shape index (κ3) is 5.16. The van der Waals surface area contributed by atoms with E-state index in [9.17, 15) is 9.59 Å². The van der Waals surface area contributed by atoms with Gasteiger partial charge in [0.25, 0.3) is 5.91 Å². The summed E-state index contributed by atoms with van der Waals surface area (Å²) >= 11 is 1.66. The van der Waals surface area contributed by atoms with Crippen LogP contribution in [0.4, 0.5) is 0 Å². The smallest absolute Gasteiger partial charge is 0.303 e. The number of rotatable bonds is 6. The number of hydrogen-bond acceptors (Lipinski definition) is 4. The predicted octanol–water partition coefficient (Wildman–Crippen LogP) is 2.89. The Morgan fingerprint density at radius 2 is 1.91 bits per heavy atom. The summed E-state index contributed by atoms with van der Waals surface area (Å²) < 4.78 is 5.73. The molecule has 1 aliphatic rings. The van der Waals surface area contributed by atoms with Crippen LogP contribution < -0.4 is 4.74 Å². The molecule has 1 atom stereocenters. The third-order valence-corrected chi connectivity index (χ3v) is 4.85. The Kier molecular flexibility index (Phi) is 6.33. The molecule has 1 aromatic carbocycles. The monoisotopic (exact) mass is 337 g/mol. The normalized spacial score (nSPS) is 16.9. The fraction of sp³-hybridized carbons (Fsp3) is 0.529. The van der Waals surface area contributed by atoms with Crippen molar-refractivity contribution in [1.82, 2.24) is 4.90 Å². The molecule has 126 valence electrons. The molecule has 6 heteroatoms. The van der Waals surface area contributed by atoms with Crippen LogP contribution in [0.15, 0.2) is 29.2 Å². The van der Waals surface area contributed by atoms with Crippen molar-refractivity contribution in [2.24, 2.45) is 5.92 Å². The van der Waals surface area contributed by atoms with Gasteiger partial charge in [-0.25, -0.2) is 0 Å². The number of carboxylic acids is 1. The minimum absolute atomic E-state index is 0.0345. The number of amides is 1. The van der Waals surface area contributed by atoms with Gasteiger partial charge in [0.1, 0.15) is 5.75 Å². The lowest BCUT2D eigenvalue weighted by molar-refractivity contribution is -0.140. The summed E-state index contributed by atoms with van der Waals surface area (Å²) in [7, 11) is 0. The summed E-state index contributed by atoms with van der Waals surface area (Å²) in [4.78, 5) is 26.1. The molecule has 1 heterocycles. The first kappa shape index (κ1) is 17.7. The van der Waals surface area contributed by atoms with Crippen molar-refractivity contribution in [2.75, 3.05) is 19.3 Å². The molecule has 1 N–H and O–H groups in total. The number of carbonyl (C=O) groups is 2. The van der Waals surface area contributed by atoms with Gasteiger partial charge in [-0.05, 0) is 56.2 Å². The van der Waals surface area contributed by atoms with Crippen molar-refractivity contribution in [3.63, 3.8) is 0 Å². The van der Waals surface area contributed by atoms with Gasteiger partial charge in [-0.3, -0.25) is 9.59 Å². The van der Waals surface area contributed by atoms with Gasteiger partial charge in [-0.15, -0.1) is 11.8 Å². The third-order valence-electron chi connectivity index (χ3n) is 4.11. The molecule has 1 unspecified atom stereocenters. The molecule has 1 fully saturated rings. The van der Waals surface area contributed by atoms with Gasteiger partial charge in [-0.2, -0.15) is 0 Å². The summed E-state index contributed by atoms with van der Waals surface area (Å²) in [5.41, 5.74) is 0. The first-order valence-electron chi connectivity index (χ1n) is 7.81. The molecule has 1 aliphatic heterocycles. The molecule has 0 spiro atoms. The maximum Gasteiger partial charge on any atom is 0.303 e. The largest absolute Gasteiger partial charge is 0.481 e. The molecule has 1 aromatic rings. The van der Waals surface area contributed by atoms with E-state index in [0.717, 1.165) is 17.7 Å². The number of thioether (sulfide) groups is 1. The lowest BCUT2D eigenvalue weighted by Crippen LogP contribution is -2.45. The van der Waals surface area contributed by atoms with Gasteiger partial charge in [-0.1, -0.05) is 0 Å². The van der Waals surface area contributed by atoms with Crippen LogP contribution in [0.25, 0.3) is 0 Å². The molecule has 1 saturated heterocycles. The Labute approximate surface area is 141 Å². The highest BCUT2D eigenvalue weighted by Gasteiger charge is 2.27. The Bertz CT molecular complexity index is 538. The van der Waals surface area contributed by atoms with Crippen LogP contribution >= 0.6 is 11.8 Å². The zero-order valence-corrected chi connectivity index (χ0v) is 14.3. The van der Waals surface area contributed by atoms with Crippen LogP contribution in [0.3, 0.4) is 0 Å². The van der Waals surface area contributed by atoms with E-state index in [0.29, 0.717) is 18.8 Å². The number of piperidine rings is 1. The quantitative estimate of drug-likeness (QED) is 0.809. The van der Waals surface area contributed by atoms with Gasteiger partial charge in [0, 0.05) is 24.4 Å². The van der Waals surface area contributed by atoms with Crippen LogP contribution in [-0.2, 0) is 9.59 Å². The number of likely N-dealkylation sites (tertiary alicyclic amines) is 1. The fourth-order valence-corrected chi connectivity index (χ4v) is 3.18. The molecule has 1 amide bonds. The number of nitrogens with zero attached hydrogens (tertiary/aromatic N) is 1. The molecule has 0 bridgehead atoms. The lowest BCUT2D eigenvalue weighted by atomic mass is 9.93. The number of carboxylic acid groups (broad SMARTS) is 1. The molecule has 0 aliphatic carbocycles. The highest BCUT2D eigenvalue weighted by Crippen LogP contribution is 2.23. The Balaban J connectivity index is 1.84. The van der Waals surface area contributed by atoms with E-state index in [2.05, 4.69) is 0 Å². The van der Waals surface area contributed by atoms with Gasteiger partial charge in [0.15, 0.2) is 6.10 Å². The number of ether oxygens (including phenoxy) is 1. The van der Waals surface area contributed by atoms with Crippen LogP contribution in [0.2, 0.25) is 0 Å². The molecular weight excluding hydrogens is 314 g/mol. The second kappa shape index (κ2) is 8.24. The first-order valence-corrected chi connectivity index (χ1v) is 9.03. The number of carbonyl (C=O) groups excluding carboxylic acids is 1. The SMILES string of the molecule is CSc1ccc(OC(C)C(=O)N2CCC(CC(=O)O)CC2)cc1. The summed E-state index contributed by atoms with van der Waals surface area (Å²) in [6, 6.07) is 7.67. The van der Waals surface area contributed by atoms with Crippen molar-refractivity contribution >= 4 is 23.6 Å². The number of benzene rings is 1. The van der Waals surface area contributed by atoms with E-state index >= 15 is 0 Å². The summed E-state index contributed by atoms with van der Waals surface area (Å²) in [5.74, 6) is 0.0594. The maximum absolute atomic E-state index is 12.4. The number of aliphatic carboxylic acids is 1. The number of hydrogen-bond donors (Lipinski definition) is 1. The summed E-state index contributed by atoms with van der Waals surface area (Å²) in [6.07, 6.45) is 3.15. The van der Waals surface area contributed by atoms with E-state index in [1.807, 2.05) is 30.5 Å². The standard InChI is InChI=1S/C17H23NO4S/c1-12(22-14-3-5-15(23-2)6-4-14)17(21)18-9-7-13(8-10-18)11-16(19)20/h3-6,12-13H,7-11H2,1-2H3,(H,19,20). The van der Waals surface area contributed by atoms with Crippen LogP contribution in [0.5, 0.6) is 5.75 Å². The molecule has 0 aromatic heterocycles. The Morgan fingerprint density at radius 1 is 1.30 bits per heavy atom. The molecule has 0 radical (unpaired) electrons. The van der Waals surface area contributed by atoms with Crippen LogP contribution in [-0.4, -0.2) is 47.3 Å². The van der Waals surface area contributed by atoms with Crippen molar-refractivity contribution in [2.45, 2.75) is 37.2 Å². The second-order valence-electron chi connectivity index (χ2n) is 5.80. The van der Waals surface area contributed by atoms with Gasteiger partial charge < -0.3 is 14.7 Å². The minimum atomic E-state index is -0.764. The van der Waals surface area contributed by atoms with Gasteiger partial charge >= 0.3 is 5.97 Å². The van der Waals surface area contributed by atoms with Gasteiger partial charge in [0.2, 0.25) is 0 Å². The topological polar surface area (TPSA) is 66.8 Å². The highest BCUT2D eigenvalue weighted by molar-refractivity contribution is 7.98. The zero-order valence-electron chi connectivity index (χ0n) is 13.5. The highest BCUT2D eigenvalue weighted by atomic mass is 32.2.